The van der Waals surface area contributed by atoms with Crippen LogP contribution in [0.1, 0.15) is 0 Å². The summed E-state index contributed by atoms with van der Waals surface area (Å²) < 4.78 is 0. The number of aliphatic hydroxyl groups excluding tert-OH is 1. The molecule has 0 saturated heterocycles. The maximum absolute atomic E-state index is 8.27. The molecule has 1 aromatic rings. The average molecular weight is 113 g/mol. The molecule has 0 aromatic carbocycles. The third kappa shape index (κ3) is 0.974. The van der Waals surface area contributed by atoms with Crippen LogP contribution in [0.3, 0.4) is 0 Å². The summed E-state index contributed by atoms with van der Waals surface area (Å²) >= 11 is 0. The Morgan fingerprint density at radius 2 is 2.75 bits per heavy atom. The summed E-state index contributed by atoms with van der Waals surface area (Å²) in [7, 11) is 0. The number of hydrogen-bond acceptors (Lipinski definition) is 3. The van der Waals surface area contributed by atoms with Crippen molar-refractivity contribution in [1.82, 2.24) is 9.97 Å². The maximum atomic E-state index is 8.27. The van der Waals surface area contributed by atoms with Crippen LogP contribution in [0.5, 0.6) is 0 Å². The second kappa shape index (κ2) is 2.32. The van der Waals surface area contributed by atoms with Crippen molar-refractivity contribution in [2.24, 2.45) is 0 Å². The molecule has 1 aromatic heterocycles. The van der Waals surface area contributed by atoms with Crippen LogP contribution in [0.2, 0.25) is 0 Å². The Hall–Kier alpha value is -1.03. The van der Waals surface area contributed by atoms with Gasteiger partial charge in [0, 0.05) is 12.4 Å². The molecular weight excluding hydrogens is 106 g/mol. The SMILES string of the molecule is OCNc1ncc[nH]1. The Morgan fingerprint density at radius 3 is 3.25 bits per heavy atom. The van der Waals surface area contributed by atoms with Crippen LogP contribution in [0.4, 0.5) is 5.95 Å². The van der Waals surface area contributed by atoms with Gasteiger partial charge in [0.1, 0.15) is 6.73 Å². The molecular formula is C4H7N3O. The number of hydrogen-bond donors (Lipinski definition) is 3. The molecule has 1 rings (SSSR count). The van der Waals surface area contributed by atoms with Gasteiger partial charge in [0.05, 0.1) is 0 Å². The van der Waals surface area contributed by atoms with E-state index < -0.39 is 0 Å². The molecule has 0 bridgehead atoms. The van der Waals surface area contributed by atoms with Crippen molar-refractivity contribution in [3.8, 4) is 0 Å². The maximum Gasteiger partial charge on any atom is 0.201 e. The van der Waals surface area contributed by atoms with E-state index in [4.69, 9.17) is 5.11 Å². The van der Waals surface area contributed by atoms with E-state index >= 15 is 0 Å². The zero-order valence-corrected chi connectivity index (χ0v) is 4.26. The molecule has 0 spiro atoms. The molecule has 0 aliphatic rings. The molecule has 0 saturated carbocycles. The number of aliphatic hydroxyl groups is 1. The number of aromatic nitrogens is 2. The minimum atomic E-state index is -0.0898. The Kier molecular flexibility index (Phi) is 1.48. The lowest BCUT2D eigenvalue weighted by molar-refractivity contribution is 0.324. The van der Waals surface area contributed by atoms with Crippen LogP contribution in [-0.4, -0.2) is 21.8 Å². The van der Waals surface area contributed by atoms with E-state index in [9.17, 15) is 0 Å². The molecule has 0 amide bonds. The highest BCUT2D eigenvalue weighted by Gasteiger charge is 1.85. The van der Waals surface area contributed by atoms with Gasteiger partial charge in [-0.15, -0.1) is 0 Å². The number of nitrogens with zero attached hydrogens (tertiary/aromatic N) is 1. The Morgan fingerprint density at radius 1 is 1.88 bits per heavy atom. The first-order valence-corrected chi connectivity index (χ1v) is 2.27. The van der Waals surface area contributed by atoms with E-state index in [2.05, 4.69) is 15.3 Å². The largest absolute Gasteiger partial charge is 0.376 e. The van der Waals surface area contributed by atoms with Crippen LogP contribution >= 0.6 is 0 Å². The summed E-state index contributed by atoms with van der Waals surface area (Å²) in [4.78, 5) is 6.54. The van der Waals surface area contributed by atoms with Gasteiger partial charge in [-0.2, -0.15) is 0 Å². The van der Waals surface area contributed by atoms with E-state index in [0.717, 1.165) is 0 Å². The van der Waals surface area contributed by atoms with Gasteiger partial charge in [-0.3, -0.25) is 0 Å². The summed E-state index contributed by atoms with van der Waals surface area (Å²) in [5, 5.41) is 10.8. The van der Waals surface area contributed by atoms with Gasteiger partial charge in [0.2, 0.25) is 5.95 Å². The molecule has 4 nitrogen and oxygen atoms in total. The molecule has 4 heteroatoms. The molecule has 0 fully saturated rings. The molecule has 44 valence electrons. The van der Waals surface area contributed by atoms with Crippen LogP contribution in [0, 0.1) is 0 Å². The van der Waals surface area contributed by atoms with Gasteiger partial charge >= 0.3 is 0 Å². The van der Waals surface area contributed by atoms with Crippen LogP contribution in [0.15, 0.2) is 12.4 Å². The molecule has 3 N–H and O–H groups in total. The van der Waals surface area contributed by atoms with Gasteiger partial charge in [-0.05, 0) is 0 Å². The minimum Gasteiger partial charge on any atom is -0.376 e. The van der Waals surface area contributed by atoms with Crippen molar-refractivity contribution < 1.29 is 5.11 Å². The van der Waals surface area contributed by atoms with E-state index in [1.165, 1.54) is 0 Å². The molecule has 8 heavy (non-hydrogen) atoms. The predicted octanol–water partition coefficient (Wildman–Crippen LogP) is -0.229. The monoisotopic (exact) mass is 113 g/mol. The first kappa shape index (κ1) is 5.11. The number of aromatic amines is 1. The van der Waals surface area contributed by atoms with Gasteiger partial charge in [0.15, 0.2) is 0 Å². The Bertz CT molecular complexity index is 137. The minimum absolute atomic E-state index is 0.0898. The summed E-state index contributed by atoms with van der Waals surface area (Å²) in [6, 6.07) is 0. The number of anilines is 1. The summed E-state index contributed by atoms with van der Waals surface area (Å²) in [5.41, 5.74) is 0. The molecule has 0 aliphatic heterocycles. The lowest BCUT2D eigenvalue weighted by atomic mass is 11.0. The number of H-pyrrole nitrogens is 1. The number of nitrogens with one attached hydrogen (secondary N) is 2. The normalized spacial score (nSPS) is 9.12. The second-order valence-electron chi connectivity index (χ2n) is 1.27. The fraction of sp³-hybridized carbons (Fsp3) is 0.250. The first-order chi connectivity index (χ1) is 3.93. The van der Waals surface area contributed by atoms with Crippen molar-refractivity contribution in [3.63, 3.8) is 0 Å². The highest BCUT2D eigenvalue weighted by molar-refractivity contribution is 5.21. The zero-order valence-electron chi connectivity index (χ0n) is 4.26. The topological polar surface area (TPSA) is 60.9 Å². The van der Waals surface area contributed by atoms with E-state index in [1.54, 1.807) is 12.4 Å². The van der Waals surface area contributed by atoms with E-state index in [0.29, 0.717) is 5.95 Å². The standard InChI is InChI=1S/C4H7N3O/c8-3-7-4-5-1-2-6-4/h1-2,8H,3H2,(H2,5,6,7). The van der Waals surface area contributed by atoms with Crippen molar-refractivity contribution in [2.45, 2.75) is 0 Å². The molecule has 0 unspecified atom stereocenters. The molecule has 1 heterocycles. The van der Waals surface area contributed by atoms with Gasteiger partial charge in [-0.25, -0.2) is 4.98 Å². The highest BCUT2D eigenvalue weighted by atomic mass is 16.3. The van der Waals surface area contributed by atoms with Gasteiger partial charge in [0.25, 0.3) is 0 Å². The second-order valence-corrected chi connectivity index (χ2v) is 1.27. The van der Waals surface area contributed by atoms with Crippen LogP contribution < -0.4 is 5.32 Å². The van der Waals surface area contributed by atoms with E-state index in [-0.39, 0.29) is 6.73 Å². The number of imidazole rings is 1. The van der Waals surface area contributed by atoms with E-state index in [1.807, 2.05) is 0 Å². The fourth-order valence-corrected chi connectivity index (χ4v) is 0.437. The molecule has 0 aliphatic carbocycles. The highest BCUT2D eigenvalue weighted by Crippen LogP contribution is 1.90. The summed E-state index contributed by atoms with van der Waals surface area (Å²) in [5.74, 6) is 0.590. The fourth-order valence-electron chi connectivity index (χ4n) is 0.437. The van der Waals surface area contributed by atoms with Crippen LogP contribution in [0.25, 0.3) is 0 Å². The zero-order chi connectivity index (χ0) is 5.82. The van der Waals surface area contributed by atoms with Crippen molar-refractivity contribution in [3.05, 3.63) is 12.4 Å². The quantitative estimate of drug-likeness (QED) is 0.464. The van der Waals surface area contributed by atoms with Crippen molar-refractivity contribution >= 4 is 5.95 Å². The van der Waals surface area contributed by atoms with Crippen molar-refractivity contribution in [1.29, 1.82) is 0 Å². The first-order valence-electron chi connectivity index (χ1n) is 2.27. The lowest BCUT2D eigenvalue weighted by Crippen LogP contribution is -2.00. The van der Waals surface area contributed by atoms with Crippen LogP contribution in [-0.2, 0) is 0 Å². The third-order valence-corrected chi connectivity index (χ3v) is 0.745. The summed E-state index contributed by atoms with van der Waals surface area (Å²) in [6.07, 6.45) is 3.29. The molecule has 0 radical (unpaired) electrons. The predicted molar refractivity (Wildman–Crippen MR) is 29.3 cm³/mol. The number of rotatable bonds is 2. The van der Waals surface area contributed by atoms with Gasteiger partial charge in [-0.1, -0.05) is 0 Å². The third-order valence-electron chi connectivity index (χ3n) is 0.745. The average Bonchev–Trinajstić information content (AvgIpc) is 2.19. The summed E-state index contributed by atoms with van der Waals surface area (Å²) in [6.45, 7) is -0.0898. The van der Waals surface area contributed by atoms with Crippen molar-refractivity contribution in [2.75, 3.05) is 12.0 Å². The smallest absolute Gasteiger partial charge is 0.201 e. The lowest BCUT2D eigenvalue weighted by Gasteiger charge is -1.92. The Labute approximate surface area is 46.6 Å². The molecule has 0 atom stereocenters. The van der Waals surface area contributed by atoms with Gasteiger partial charge < -0.3 is 15.4 Å². The Balaban J connectivity index is 2.50.